The van der Waals surface area contributed by atoms with E-state index in [4.69, 9.17) is 15.8 Å². The minimum absolute atomic E-state index is 0.181. The second-order valence-electron chi connectivity index (χ2n) is 5.60. The van der Waals surface area contributed by atoms with Crippen LogP contribution in [0.15, 0.2) is 0 Å². The lowest BCUT2D eigenvalue weighted by atomic mass is 9.80. The van der Waals surface area contributed by atoms with E-state index in [9.17, 15) is 14.7 Å². The van der Waals surface area contributed by atoms with Crippen molar-refractivity contribution in [2.45, 2.75) is 44.2 Å². The third-order valence-corrected chi connectivity index (χ3v) is 3.97. The van der Waals surface area contributed by atoms with Gasteiger partial charge < -0.3 is 31.1 Å². The van der Waals surface area contributed by atoms with Gasteiger partial charge in [0, 0.05) is 25.6 Å². The number of carboxylic acids is 1. The van der Waals surface area contributed by atoms with Gasteiger partial charge >= 0.3 is 13.1 Å². The average Bonchev–Trinajstić information content (AvgIpc) is 2.80. The summed E-state index contributed by atoms with van der Waals surface area (Å²) in [5, 5.41) is 29.9. The topological polar surface area (TPSA) is 136 Å². The Labute approximate surface area is 124 Å². The van der Waals surface area contributed by atoms with Crippen LogP contribution in [-0.2, 0) is 9.59 Å². The van der Waals surface area contributed by atoms with Crippen molar-refractivity contribution in [1.82, 2.24) is 10.2 Å². The fourth-order valence-corrected chi connectivity index (χ4v) is 2.85. The number of nitrogens with two attached hydrogens (primary N) is 1. The molecule has 1 heterocycles. The van der Waals surface area contributed by atoms with Crippen LogP contribution in [0.5, 0.6) is 0 Å². The molecule has 0 aliphatic carbocycles. The molecule has 21 heavy (non-hydrogen) atoms. The van der Waals surface area contributed by atoms with Crippen molar-refractivity contribution >= 4 is 19.0 Å². The summed E-state index contributed by atoms with van der Waals surface area (Å²) in [4.78, 5) is 24.8. The highest BCUT2D eigenvalue weighted by Crippen LogP contribution is 2.26. The van der Waals surface area contributed by atoms with Gasteiger partial charge in [-0.25, -0.2) is 0 Å². The molecule has 0 bridgehead atoms. The Morgan fingerprint density at radius 1 is 1.48 bits per heavy atom. The van der Waals surface area contributed by atoms with Crippen molar-refractivity contribution < 1.29 is 24.7 Å². The number of carbonyl (C=O) groups excluding carboxylic acids is 1. The summed E-state index contributed by atoms with van der Waals surface area (Å²) in [7, 11) is 0.223. The van der Waals surface area contributed by atoms with Crippen LogP contribution in [-0.4, -0.2) is 70.8 Å². The number of aliphatic carboxylic acids is 1. The molecular weight excluding hydrogens is 277 g/mol. The fraction of sp³-hybridized carbons (Fsp3) is 0.833. The van der Waals surface area contributed by atoms with Crippen LogP contribution in [0.4, 0.5) is 0 Å². The minimum Gasteiger partial charge on any atom is -0.480 e. The summed E-state index contributed by atoms with van der Waals surface area (Å²) in [5.41, 5.74) is 5.59. The SMILES string of the molecule is C[C@H](N)C(=O)N(C)C1CN[C@H](C(=O)O)[C@@H]1CCCB(O)O. The molecule has 6 N–H and O–H groups in total. The van der Waals surface area contributed by atoms with Gasteiger partial charge in [0.2, 0.25) is 5.91 Å². The van der Waals surface area contributed by atoms with Crippen molar-refractivity contribution in [3.8, 4) is 0 Å². The van der Waals surface area contributed by atoms with E-state index < -0.39 is 25.2 Å². The highest BCUT2D eigenvalue weighted by molar-refractivity contribution is 6.40. The van der Waals surface area contributed by atoms with Gasteiger partial charge in [0.25, 0.3) is 0 Å². The number of carbonyl (C=O) groups is 2. The molecule has 120 valence electrons. The van der Waals surface area contributed by atoms with Crippen molar-refractivity contribution in [3.63, 3.8) is 0 Å². The summed E-state index contributed by atoms with van der Waals surface area (Å²) in [6, 6.07) is -1.65. The van der Waals surface area contributed by atoms with Gasteiger partial charge in [0.05, 0.1) is 6.04 Å². The highest BCUT2D eigenvalue weighted by atomic mass is 16.4. The number of carboxylic acid groups (broad SMARTS) is 1. The summed E-state index contributed by atoms with van der Waals surface area (Å²) in [6.45, 7) is 1.98. The van der Waals surface area contributed by atoms with E-state index >= 15 is 0 Å². The highest BCUT2D eigenvalue weighted by Gasteiger charge is 2.43. The molecule has 0 aromatic heterocycles. The molecule has 1 unspecified atom stereocenters. The van der Waals surface area contributed by atoms with Crippen molar-refractivity contribution in [3.05, 3.63) is 0 Å². The number of rotatable bonds is 7. The van der Waals surface area contributed by atoms with E-state index in [0.717, 1.165) is 0 Å². The molecule has 1 rings (SSSR count). The molecule has 4 atom stereocenters. The first kappa shape index (κ1) is 17.9. The van der Waals surface area contributed by atoms with Crippen molar-refractivity contribution in [2.24, 2.45) is 11.7 Å². The van der Waals surface area contributed by atoms with Crippen LogP contribution >= 0.6 is 0 Å². The zero-order valence-corrected chi connectivity index (χ0v) is 12.4. The number of amides is 1. The predicted molar refractivity (Wildman–Crippen MR) is 77.4 cm³/mol. The van der Waals surface area contributed by atoms with Crippen molar-refractivity contribution in [2.75, 3.05) is 13.6 Å². The molecule has 0 saturated carbocycles. The molecule has 8 nitrogen and oxygen atoms in total. The second kappa shape index (κ2) is 7.74. The zero-order valence-electron chi connectivity index (χ0n) is 12.4. The normalized spacial score (nSPS) is 26.4. The Kier molecular flexibility index (Phi) is 6.60. The van der Waals surface area contributed by atoms with Crippen LogP contribution < -0.4 is 11.1 Å². The molecular formula is C12H24BN3O5. The van der Waals surface area contributed by atoms with Gasteiger partial charge in [-0.3, -0.25) is 9.59 Å². The molecule has 1 aliphatic rings. The lowest BCUT2D eigenvalue weighted by molar-refractivity contribution is -0.141. The fourth-order valence-electron chi connectivity index (χ4n) is 2.85. The second-order valence-corrected chi connectivity index (χ2v) is 5.60. The van der Waals surface area contributed by atoms with Crippen LogP contribution in [0.3, 0.4) is 0 Å². The van der Waals surface area contributed by atoms with E-state index in [0.29, 0.717) is 19.4 Å². The molecule has 1 fully saturated rings. The molecule has 0 aromatic rings. The Hall–Kier alpha value is -1.16. The van der Waals surface area contributed by atoms with Crippen molar-refractivity contribution in [1.29, 1.82) is 0 Å². The molecule has 0 aromatic carbocycles. The minimum atomic E-state index is -1.40. The lowest BCUT2D eigenvalue weighted by Gasteiger charge is -2.31. The number of likely N-dealkylation sites (N-methyl/N-ethyl adjacent to an activating group) is 1. The van der Waals surface area contributed by atoms with Gasteiger partial charge in [0.1, 0.15) is 6.04 Å². The first-order valence-corrected chi connectivity index (χ1v) is 7.10. The van der Waals surface area contributed by atoms with E-state index in [1.165, 1.54) is 4.90 Å². The first-order chi connectivity index (χ1) is 9.75. The van der Waals surface area contributed by atoms with Gasteiger partial charge in [-0.2, -0.15) is 0 Å². The number of nitrogens with one attached hydrogen (secondary N) is 1. The third-order valence-electron chi connectivity index (χ3n) is 3.97. The summed E-state index contributed by atoms with van der Waals surface area (Å²) >= 11 is 0. The molecule has 0 spiro atoms. The zero-order chi connectivity index (χ0) is 16.2. The van der Waals surface area contributed by atoms with Gasteiger partial charge in [-0.15, -0.1) is 0 Å². The Bertz CT molecular complexity index is 380. The monoisotopic (exact) mass is 301 g/mol. The van der Waals surface area contributed by atoms with Crippen LogP contribution in [0.25, 0.3) is 0 Å². The summed E-state index contributed by atoms with van der Waals surface area (Å²) in [5.74, 6) is -1.48. The van der Waals surface area contributed by atoms with Crippen LogP contribution in [0, 0.1) is 5.92 Å². The smallest absolute Gasteiger partial charge is 0.451 e. The van der Waals surface area contributed by atoms with Gasteiger partial charge in [-0.1, -0.05) is 6.42 Å². The maximum Gasteiger partial charge on any atom is 0.451 e. The quantitative estimate of drug-likeness (QED) is 0.346. The van der Waals surface area contributed by atoms with E-state index in [2.05, 4.69) is 5.32 Å². The Morgan fingerprint density at radius 2 is 2.10 bits per heavy atom. The first-order valence-electron chi connectivity index (χ1n) is 7.10. The molecule has 1 aliphatic heterocycles. The molecule has 0 radical (unpaired) electrons. The van der Waals surface area contributed by atoms with Gasteiger partial charge in [0.15, 0.2) is 0 Å². The maximum atomic E-state index is 12.0. The standard InChI is InChI=1S/C12H24BN3O5/c1-7(14)11(17)16(2)9-6-15-10(12(18)19)8(9)4-3-5-13(20)21/h7-10,15,20-21H,3-6,14H2,1-2H3,(H,18,19)/t7-,8+,9?,10-/m0/s1. The average molecular weight is 301 g/mol. The third kappa shape index (κ3) is 4.67. The number of hydrogen-bond acceptors (Lipinski definition) is 6. The molecule has 1 amide bonds. The summed E-state index contributed by atoms with van der Waals surface area (Å²) < 4.78 is 0. The van der Waals surface area contributed by atoms with E-state index in [1.54, 1.807) is 14.0 Å². The molecule has 1 saturated heterocycles. The summed E-state index contributed by atoms with van der Waals surface area (Å²) in [6.07, 6.45) is 1.15. The van der Waals surface area contributed by atoms with Gasteiger partial charge in [-0.05, 0) is 19.7 Å². The predicted octanol–water partition coefficient (Wildman–Crippen LogP) is -1.91. The van der Waals surface area contributed by atoms with Crippen LogP contribution in [0.2, 0.25) is 6.32 Å². The Morgan fingerprint density at radius 3 is 2.57 bits per heavy atom. The largest absolute Gasteiger partial charge is 0.480 e. The number of nitrogens with zero attached hydrogens (tertiary/aromatic N) is 1. The Balaban J connectivity index is 2.76. The van der Waals surface area contributed by atoms with E-state index in [-0.39, 0.29) is 24.2 Å². The lowest BCUT2D eigenvalue weighted by Crippen LogP contribution is -2.49. The molecule has 9 heteroatoms. The van der Waals surface area contributed by atoms with Crippen LogP contribution in [0.1, 0.15) is 19.8 Å². The maximum absolute atomic E-state index is 12.0. The number of hydrogen-bond donors (Lipinski definition) is 5. The van der Waals surface area contributed by atoms with E-state index in [1.807, 2.05) is 0 Å².